The molecule has 8 heavy (non-hydrogen) atoms. The van der Waals surface area contributed by atoms with E-state index < -0.39 is 0 Å². The summed E-state index contributed by atoms with van der Waals surface area (Å²) >= 11 is 0. The molecule has 2 N–H and O–H groups in total. The fourth-order valence-corrected chi connectivity index (χ4v) is 1.81. The molecular weight excluding hydrogens is 102 g/mol. The zero-order valence-corrected chi connectivity index (χ0v) is 4.80. The SMILES string of the molecule is OC1C2CC[C@H]1NC2. The first-order chi connectivity index (χ1) is 3.88. The lowest BCUT2D eigenvalue weighted by Crippen LogP contribution is -2.27. The average molecular weight is 113 g/mol. The van der Waals surface area contributed by atoms with E-state index in [0.717, 1.165) is 6.54 Å². The van der Waals surface area contributed by atoms with E-state index in [2.05, 4.69) is 5.32 Å². The summed E-state index contributed by atoms with van der Waals surface area (Å²) in [4.78, 5) is 0. The maximum absolute atomic E-state index is 9.27. The maximum Gasteiger partial charge on any atom is 0.0733 e. The predicted octanol–water partition coefficient (Wildman–Crippen LogP) is -0.271. The third-order valence-electron chi connectivity index (χ3n) is 2.39. The van der Waals surface area contributed by atoms with Crippen LogP contribution in [0.15, 0.2) is 0 Å². The summed E-state index contributed by atoms with van der Waals surface area (Å²) in [6.45, 7) is 1.05. The highest BCUT2D eigenvalue weighted by Crippen LogP contribution is 2.30. The Morgan fingerprint density at radius 1 is 1.38 bits per heavy atom. The average Bonchev–Trinajstić information content (AvgIpc) is 2.29. The minimum Gasteiger partial charge on any atom is -0.391 e. The standard InChI is InChI=1S/C6H11NO/c8-6-4-1-2-5(6)7-3-4/h4-8H,1-3H2/t4?,5-,6?/m1/s1. The Kier molecular flexibility index (Phi) is 0.866. The van der Waals surface area contributed by atoms with Crippen molar-refractivity contribution in [2.24, 2.45) is 5.92 Å². The van der Waals surface area contributed by atoms with Crippen molar-refractivity contribution in [3.63, 3.8) is 0 Å². The van der Waals surface area contributed by atoms with Crippen LogP contribution in [0.25, 0.3) is 0 Å². The molecule has 1 heterocycles. The van der Waals surface area contributed by atoms with Crippen LogP contribution in [0, 0.1) is 5.92 Å². The van der Waals surface area contributed by atoms with Gasteiger partial charge in [0.1, 0.15) is 0 Å². The van der Waals surface area contributed by atoms with Gasteiger partial charge in [-0.15, -0.1) is 0 Å². The Morgan fingerprint density at radius 3 is 2.38 bits per heavy atom. The summed E-state index contributed by atoms with van der Waals surface area (Å²) in [7, 11) is 0. The van der Waals surface area contributed by atoms with E-state index in [1.54, 1.807) is 0 Å². The van der Waals surface area contributed by atoms with Gasteiger partial charge in [0, 0.05) is 12.6 Å². The molecule has 1 saturated carbocycles. The van der Waals surface area contributed by atoms with Crippen LogP contribution in [0.3, 0.4) is 0 Å². The molecule has 1 aliphatic heterocycles. The molecule has 46 valence electrons. The molecule has 2 aliphatic rings. The predicted molar refractivity (Wildman–Crippen MR) is 30.5 cm³/mol. The van der Waals surface area contributed by atoms with Crippen LogP contribution in [-0.2, 0) is 0 Å². The molecule has 2 bridgehead atoms. The van der Waals surface area contributed by atoms with E-state index >= 15 is 0 Å². The van der Waals surface area contributed by atoms with Crippen molar-refractivity contribution in [1.82, 2.24) is 5.32 Å². The maximum atomic E-state index is 9.27. The molecule has 2 nitrogen and oxygen atoms in total. The highest BCUT2D eigenvalue weighted by molar-refractivity contribution is 4.96. The highest BCUT2D eigenvalue weighted by Gasteiger charge is 2.39. The molecule has 2 unspecified atom stereocenters. The molecule has 2 rings (SSSR count). The molecule has 1 aliphatic carbocycles. The summed E-state index contributed by atoms with van der Waals surface area (Å²) in [5, 5.41) is 12.5. The van der Waals surface area contributed by atoms with Gasteiger partial charge in [0.25, 0.3) is 0 Å². The van der Waals surface area contributed by atoms with Crippen molar-refractivity contribution in [2.75, 3.05) is 6.54 Å². The van der Waals surface area contributed by atoms with Crippen molar-refractivity contribution < 1.29 is 5.11 Å². The van der Waals surface area contributed by atoms with Gasteiger partial charge in [-0.3, -0.25) is 0 Å². The molecule has 0 spiro atoms. The Hall–Kier alpha value is -0.0800. The quantitative estimate of drug-likeness (QED) is 0.453. The first kappa shape index (κ1) is 4.77. The zero-order valence-electron chi connectivity index (χ0n) is 4.80. The molecule has 0 aromatic carbocycles. The van der Waals surface area contributed by atoms with E-state index in [1.165, 1.54) is 12.8 Å². The zero-order chi connectivity index (χ0) is 5.56. The number of hydrogen-bond donors (Lipinski definition) is 2. The van der Waals surface area contributed by atoms with Crippen molar-refractivity contribution in [1.29, 1.82) is 0 Å². The number of piperidine rings is 1. The third kappa shape index (κ3) is 0.446. The van der Waals surface area contributed by atoms with E-state index in [-0.39, 0.29) is 6.10 Å². The molecule has 2 fully saturated rings. The molecule has 0 aromatic heterocycles. The largest absolute Gasteiger partial charge is 0.391 e. The van der Waals surface area contributed by atoms with E-state index in [9.17, 15) is 5.11 Å². The second-order valence-corrected chi connectivity index (χ2v) is 2.84. The van der Waals surface area contributed by atoms with Gasteiger partial charge in [0.2, 0.25) is 0 Å². The first-order valence-corrected chi connectivity index (χ1v) is 3.29. The molecular formula is C6H11NO. The van der Waals surface area contributed by atoms with Crippen LogP contribution < -0.4 is 5.32 Å². The van der Waals surface area contributed by atoms with Crippen molar-refractivity contribution in [2.45, 2.75) is 25.0 Å². The summed E-state index contributed by atoms with van der Waals surface area (Å²) in [6, 6.07) is 0.444. The number of hydrogen-bond acceptors (Lipinski definition) is 2. The Morgan fingerprint density at radius 2 is 2.25 bits per heavy atom. The van der Waals surface area contributed by atoms with Gasteiger partial charge >= 0.3 is 0 Å². The molecule has 0 aromatic rings. The Labute approximate surface area is 48.9 Å². The minimum atomic E-state index is -0.0185. The number of rotatable bonds is 0. The molecule has 2 heteroatoms. The van der Waals surface area contributed by atoms with Crippen molar-refractivity contribution in [3.05, 3.63) is 0 Å². The van der Waals surface area contributed by atoms with Gasteiger partial charge in [-0.05, 0) is 18.8 Å². The lowest BCUT2D eigenvalue weighted by molar-refractivity contribution is 0.150. The van der Waals surface area contributed by atoms with Crippen LogP contribution in [0.4, 0.5) is 0 Å². The summed E-state index contributed by atoms with van der Waals surface area (Å²) in [6.07, 6.45) is 2.40. The van der Waals surface area contributed by atoms with Gasteiger partial charge in [0.05, 0.1) is 6.10 Å². The van der Waals surface area contributed by atoms with Crippen LogP contribution in [0.1, 0.15) is 12.8 Å². The van der Waals surface area contributed by atoms with E-state index in [1.807, 2.05) is 0 Å². The fourth-order valence-electron chi connectivity index (χ4n) is 1.81. The Balaban J connectivity index is 2.16. The van der Waals surface area contributed by atoms with E-state index in [4.69, 9.17) is 0 Å². The van der Waals surface area contributed by atoms with Crippen LogP contribution in [0.2, 0.25) is 0 Å². The van der Waals surface area contributed by atoms with Gasteiger partial charge < -0.3 is 10.4 Å². The van der Waals surface area contributed by atoms with Crippen LogP contribution >= 0.6 is 0 Å². The normalized spacial score (nSPS) is 52.9. The smallest absolute Gasteiger partial charge is 0.0733 e. The van der Waals surface area contributed by atoms with Gasteiger partial charge in [-0.25, -0.2) is 0 Å². The fraction of sp³-hybridized carbons (Fsp3) is 1.00. The third-order valence-corrected chi connectivity index (χ3v) is 2.39. The number of aliphatic hydroxyl groups is 1. The second-order valence-electron chi connectivity index (χ2n) is 2.84. The van der Waals surface area contributed by atoms with Crippen LogP contribution in [-0.4, -0.2) is 23.8 Å². The van der Waals surface area contributed by atoms with E-state index in [0.29, 0.717) is 12.0 Å². The summed E-state index contributed by atoms with van der Waals surface area (Å²) in [5.41, 5.74) is 0. The van der Waals surface area contributed by atoms with Gasteiger partial charge in [-0.2, -0.15) is 0 Å². The monoisotopic (exact) mass is 113 g/mol. The molecule has 1 saturated heterocycles. The Bertz CT molecular complexity index is 84.7. The van der Waals surface area contributed by atoms with Crippen molar-refractivity contribution in [3.8, 4) is 0 Å². The highest BCUT2D eigenvalue weighted by atomic mass is 16.3. The number of fused-ring (bicyclic) bond motifs is 2. The van der Waals surface area contributed by atoms with Gasteiger partial charge in [0.15, 0.2) is 0 Å². The molecule has 3 atom stereocenters. The first-order valence-electron chi connectivity index (χ1n) is 3.29. The van der Waals surface area contributed by atoms with Crippen LogP contribution in [0.5, 0.6) is 0 Å². The molecule has 0 amide bonds. The molecule has 0 radical (unpaired) electrons. The topological polar surface area (TPSA) is 32.3 Å². The summed E-state index contributed by atoms with van der Waals surface area (Å²) in [5.74, 6) is 0.583. The van der Waals surface area contributed by atoms with Crippen molar-refractivity contribution >= 4 is 0 Å². The lowest BCUT2D eigenvalue weighted by Gasteiger charge is -2.07. The number of aliphatic hydroxyl groups excluding tert-OH is 1. The minimum absolute atomic E-state index is 0.0185. The second kappa shape index (κ2) is 1.45. The number of nitrogens with one attached hydrogen (secondary N) is 1. The summed E-state index contributed by atoms with van der Waals surface area (Å²) < 4.78 is 0. The lowest BCUT2D eigenvalue weighted by atomic mass is 10.1. The van der Waals surface area contributed by atoms with Gasteiger partial charge in [-0.1, -0.05) is 0 Å².